The molecule has 6 heteroatoms. The molecular formula is C18H31N3O3. The molecule has 1 aromatic rings. The summed E-state index contributed by atoms with van der Waals surface area (Å²) >= 11 is 0. The number of ether oxygens (including phenoxy) is 1. The highest BCUT2D eigenvalue weighted by molar-refractivity contribution is 5.72. The molecule has 0 saturated heterocycles. The fourth-order valence-corrected chi connectivity index (χ4v) is 2.25. The van der Waals surface area contributed by atoms with Crippen molar-refractivity contribution in [1.82, 2.24) is 10.2 Å². The van der Waals surface area contributed by atoms with Gasteiger partial charge < -0.3 is 25.8 Å². The molecule has 0 bridgehead atoms. The van der Waals surface area contributed by atoms with E-state index in [1.165, 1.54) is 0 Å². The fraction of sp³-hybridized carbons (Fsp3) is 0.611. The van der Waals surface area contributed by atoms with Crippen molar-refractivity contribution in [2.24, 2.45) is 5.73 Å². The summed E-state index contributed by atoms with van der Waals surface area (Å²) in [6.45, 7) is 9.31. The number of carbonyl (C=O) groups is 1. The van der Waals surface area contributed by atoms with Gasteiger partial charge in [0.05, 0.1) is 0 Å². The highest BCUT2D eigenvalue weighted by atomic mass is 16.5. The maximum atomic E-state index is 11.4. The number of nitrogens with two attached hydrogens (primary N) is 1. The lowest BCUT2D eigenvalue weighted by Gasteiger charge is -2.24. The van der Waals surface area contributed by atoms with E-state index >= 15 is 0 Å². The van der Waals surface area contributed by atoms with Gasteiger partial charge in [-0.15, -0.1) is 0 Å². The quantitative estimate of drug-likeness (QED) is 0.607. The highest BCUT2D eigenvalue weighted by Crippen LogP contribution is 2.13. The normalized spacial score (nSPS) is 12.5. The van der Waals surface area contributed by atoms with Crippen LogP contribution in [0.15, 0.2) is 24.3 Å². The standard InChI is InChI=1S/C18H31N3O3/c1-13(2)20-11-16(22)12-24-17-7-5-15(6-8-17)9-10-21(14(3)4)18(19)23/h5-8,13-14,16,20,22H,9-12H2,1-4H3,(H2,19,23). The Bertz CT molecular complexity index is 489. The first-order valence-corrected chi connectivity index (χ1v) is 8.48. The third-order valence-electron chi connectivity index (χ3n) is 3.68. The number of hydrogen-bond acceptors (Lipinski definition) is 4. The van der Waals surface area contributed by atoms with Crippen LogP contribution >= 0.6 is 0 Å². The van der Waals surface area contributed by atoms with Crippen LogP contribution in [0.3, 0.4) is 0 Å². The summed E-state index contributed by atoms with van der Waals surface area (Å²) in [4.78, 5) is 13.0. The van der Waals surface area contributed by atoms with Gasteiger partial charge >= 0.3 is 6.03 Å². The van der Waals surface area contributed by atoms with Crippen molar-refractivity contribution in [3.8, 4) is 5.75 Å². The number of aliphatic hydroxyl groups excluding tert-OH is 1. The Morgan fingerprint density at radius 3 is 2.38 bits per heavy atom. The molecule has 0 aliphatic rings. The molecule has 0 aliphatic heterocycles. The van der Waals surface area contributed by atoms with E-state index in [4.69, 9.17) is 10.5 Å². The van der Waals surface area contributed by atoms with Gasteiger partial charge in [-0.05, 0) is 38.0 Å². The third-order valence-corrected chi connectivity index (χ3v) is 3.68. The Hall–Kier alpha value is -1.79. The van der Waals surface area contributed by atoms with Crippen LogP contribution in [0.25, 0.3) is 0 Å². The van der Waals surface area contributed by atoms with Gasteiger partial charge in [0.1, 0.15) is 18.5 Å². The molecule has 24 heavy (non-hydrogen) atoms. The van der Waals surface area contributed by atoms with E-state index in [1.807, 2.05) is 52.0 Å². The van der Waals surface area contributed by atoms with Crippen molar-refractivity contribution in [3.05, 3.63) is 29.8 Å². The van der Waals surface area contributed by atoms with Gasteiger partial charge in [0.25, 0.3) is 0 Å². The maximum absolute atomic E-state index is 11.4. The second-order valence-electron chi connectivity index (χ2n) is 6.55. The molecule has 1 atom stereocenters. The number of benzene rings is 1. The minimum atomic E-state index is -0.540. The Morgan fingerprint density at radius 2 is 1.88 bits per heavy atom. The van der Waals surface area contributed by atoms with Crippen LogP contribution in [0.2, 0.25) is 0 Å². The van der Waals surface area contributed by atoms with Crippen LogP contribution in [-0.2, 0) is 6.42 Å². The maximum Gasteiger partial charge on any atom is 0.315 e. The molecular weight excluding hydrogens is 306 g/mol. The van der Waals surface area contributed by atoms with Gasteiger partial charge in [0, 0.05) is 25.2 Å². The van der Waals surface area contributed by atoms with E-state index < -0.39 is 12.1 Å². The molecule has 0 spiro atoms. The molecule has 136 valence electrons. The molecule has 4 N–H and O–H groups in total. The van der Waals surface area contributed by atoms with Crippen LogP contribution in [-0.4, -0.2) is 53.9 Å². The van der Waals surface area contributed by atoms with Crippen LogP contribution < -0.4 is 15.8 Å². The molecule has 6 nitrogen and oxygen atoms in total. The van der Waals surface area contributed by atoms with Crippen LogP contribution in [0.4, 0.5) is 4.79 Å². The molecule has 1 unspecified atom stereocenters. The topological polar surface area (TPSA) is 87.8 Å². The Kier molecular flexibility index (Phi) is 8.57. The van der Waals surface area contributed by atoms with Crippen LogP contribution in [0.5, 0.6) is 5.75 Å². The Balaban J connectivity index is 2.41. The number of nitrogens with one attached hydrogen (secondary N) is 1. The summed E-state index contributed by atoms with van der Waals surface area (Å²) in [5.74, 6) is 0.720. The SMILES string of the molecule is CC(C)NCC(O)COc1ccc(CCN(C(N)=O)C(C)C)cc1. The largest absolute Gasteiger partial charge is 0.491 e. The number of nitrogens with zero attached hydrogens (tertiary/aromatic N) is 1. The van der Waals surface area contributed by atoms with E-state index in [0.717, 1.165) is 17.7 Å². The van der Waals surface area contributed by atoms with E-state index in [9.17, 15) is 9.90 Å². The molecule has 0 aliphatic carbocycles. The molecule has 0 aromatic heterocycles. The monoisotopic (exact) mass is 337 g/mol. The number of aliphatic hydroxyl groups is 1. The minimum absolute atomic E-state index is 0.0889. The molecule has 2 amide bonds. The zero-order valence-corrected chi connectivity index (χ0v) is 15.2. The number of urea groups is 1. The smallest absolute Gasteiger partial charge is 0.315 e. The van der Waals surface area contributed by atoms with Crippen LogP contribution in [0, 0.1) is 0 Å². The van der Waals surface area contributed by atoms with Gasteiger partial charge in [0.15, 0.2) is 0 Å². The Labute approximate surface area is 145 Å². The van der Waals surface area contributed by atoms with E-state index in [-0.39, 0.29) is 12.6 Å². The van der Waals surface area contributed by atoms with Crippen molar-refractivity contribution in [3.63, 3.8) is 0 Å². The molecule has 0 saturated carbocycles. The van der Waals surface area contributed by atoms with Gasteiger partial charge in [-0.1, -0.05) is 26.0 Å². The summed E-state index contributed by atoms with van der Waals surface area (Å²) in [6.07, 6.45) is 0.199. The average molecular weight is 337 g/mol. The Morgan fingerprint density at radius 1 is 1.25 bits per heavy atom. The van der Waals surface area contributed by atoms with Crippen LogP contribution in [0.1, 0.15) is 33.3 Å². The number of amides is 2. The van der Waals surface area contributed by atoms with Crippen molar-refractivity contribution >= 4 is 6.03 Å². The van der Waals surface area contributed by atoms with Gasteiger partial charge in [-0.25, -0.2) is 4.79 Å². The second kappa shape index (κ2) is 10.2. The number of primary amides is 1. The first-order valence-electron chi connectivity index (χ1n) is 8.48. The predicted octanol–water partition coefficient (Wildman–Crippen LogP) is 1.76. The highest BCUT2D eigenvalue weighted by Gasteiger charge is 2.13. The fourth-order valence-electron chi connectivity index (χ4n) is 2.25. The minimum Gasteiger partial charge on any atom is -0.491 e. The first kappa shape index (κ1) is 20.3. The van der Waals surface area contributed by atoms with Gasteiger partial charge in [-0.2, -0.15) is 0 Å². The molecule has 0 radical (unpaired) electrons. The number of carbonyl (C=O) groups excluding carboxylic acids is 1. The molecule has 0 fully saturated rings. The summed E-state index contributed by atoms with van der Waals surface area (Å²) < 4.78 is 5.58. The van der Waals surface area contributed by atoms with Crippen molar-refractivity contribution < 1.29 is 14.6 Å². The van der Waals surface area contributed by atoms with Crippen molar-refractivity contribution in [2.45, 2.75) is 52.3 Å². The molecule has 0 heterocycles. The first-order chi connectivity index (χ1) is 11.3. The van der Waals surface area contributed by atoms with E-state index in [1.54, 1.807) is 4.90 Å². The lowest BCUT2D eigenvalue weighted by atomic mass is 10.1. The lowest BCUT2D eigenvalue weighted by Crippen LogP contribution is -2.41. The molecule has 1 rings (SSSR count). The summed E-state index contributed by atoms with van der Waals surface area (Å²) in [6, 6.07) is 7.72. The average Bonchev–Trinajstić information content (AvgIpc) is 2.51. The van der Waals surface area contributed by atoms with Gasteiger partial charge in [0.2, 0.25) is 0 Å². The summed E-state index contributed by atoms with van der Waals surface area (Å²) in [5.41, 5.74) is 6.48. The van der Waals surface area contributed by atoms with Crippen molar-refractivity contribution in [1.29, 1.82) is 0 Å². The summed E-state index contributed by atoms with van der Waals surface area (Å²) in [7, 11) is 0. The lowest BCUT2D eigenvalue weighted by molar-refractivity contribution is 0.104. The second-order valence-corrected chi connectivity index (χ2v) is 6.55. The van der Waals surface area contributed by atoms with E-state index in [0.29, 0.717) is 19.1 Å². The zero-order chi connectivity index (χ0) is 18.1. The molecule has 1 aromatic carbocycles. The number of rotatable bonds is 10. The predicted molar refractivity (Wildman–Crippen MR) is 96.2 cm³/mol. The zero-order valence-electron chi connectivity index (χ0n) is 15.2. The number of hydrogen-bond donors (Lipinski definition) is 3. The summed E-state index contributed by atoms with van der Waals surface area (Å²) in [5, 5.41) is 13.0. The van der Waals surface area contributed by atoms with Crippen molar-refractivity contribution in [2.75, 3.05) is 19.7 Å². The van der Waals surface area contributed by atoms with Gasteiger partial charge in [-0.3, -0.25) is 0 Å². The third kappa shape index (κ3) is 7.66. The van der Waals surface area contributed by atoms with E-state index in [2.05, 4.69) is 5.32 Å².